The van der Waals surface area contributed by atoms with Gasteiger partial charge in [-0.2, -0.15) is 4.98 Å². The molecule has 2 N–H and O–H groups in total. The predicted molar refractivity (Wildman–Crippen MR) is 117 cm³/mol. The van der Waals surface area contributed by atoms with Gasteiger partial charge in [0.15, 0.2) is 5.82 Å². The molecule has 0 radical (unpaired) electrons. The molecule has 0 spiro atoms. The lowest BCUT2D eigenvalue weighted by Crippen LogP contribution is -2.34. The fourth-order valence-electron chi connectivity index (χ4n) is 5.54. The van der Waals surface area contributed by atoms with Crippen LogP contribution in [0.2, 0.25) is 0 Å². The van der Waals surface area contributed by atoms with Gasteiger partial charge in [0, 0.05) is 6.04 Å². The summed E-state index contributed by atoms with van der Waals surface area (Å²) in [7, 11) is 0. The van der Waals surface area contributed by atoms with Gasteiger partial charge in [-0.3, -0.25) is 4.79 Å². The molecule has 0 aromatic carbocycles. The van der Waals surface area contributed by atoms with Gasteiger partial charge in [-0.15, -0.1) is 0 Å². The second kappa shape index (κ2) is 10.7. The molecule has 0 amide bonds. The smallest absolute Gasteiger partial charge is 0.307 e. The topological polar surface area (TPSA) is 88.2 Å². The van der Waals surface area contributed by atoms with Gasteiger partial charge >= 0.3 is 5.97 Å². The average Bonchev–Trinajstić information content (AvgIpc) is 3.37. The van der Waals surface area contributed by atoms with Crippen LogP contribution in [0.1, 0.15) is 115 Å². The Balaban J connectivity index is 1.67. The van der Waals surface area contributed by atoms with Crippen LogP contribution in [0.3, 0.4) is 0 Å². The molecule has 6 heteroatoms. The largest absolute Gasteiger partial charge is 0.481 e. The molecule has 1 aromatic rings. The van der Waals surface area contributed by atoms with E-state index in [1.165, 1.54) is 64.2 Å². The molecule has 2 fully saturated rings. The van der Waals surface area contributed by atoms with E-state index in [-0.39, 0.29) is 11.3 Å². The summed E-state index contributed by atoms with van der Waals surface area (Å²) in [4.78, 5) is 16.9. The number of hydrogen-bond donors (Lipinski definition) is 2. The summed E-state index contributed by atoms with van der Waals surface area (Å²) >= 11 is 0. The minimum Gasteiger partial charge on any atom is -0.481 e. The molecular weight excluding hydrogens is 378 g/mol. The van der Waals surface area contributed by atoms with E-state index in [1.54, 1.807) is 0 Å². The van der Waals surface area contributed by atoms with Crippen LogP contribution in [0.5, 0.6) is 0 Å². The first kappa shape index (κ1) is 23.2. The molecule has 6 nitrogen and oxygen atoms in total. The van der Waals surface area contributed by atoms with Gasteiger partial charge < -0.3 is 14.9 Å². The van der Waals surface area contributed by atoms with Crippen molar-refractivity contribution in [2.45, 2.75) is 116 Å². The van der Waals surface area contributed by atoms with Crippen molar-refractivity contribution in [1.29, 1.82) is 0 Å². The summed E-state index contributed by atoms with van der Waals surface area (Å²) in [6.07, 6.45) is 14.7. The van der Waals surface area contributed by atoms with E-state index in [2.05, 4.69) is 15.5 Å². The van der Waals surface area contributed by atoms with Crippen LogP contribution in [0.15, 0.2) is 4.52 Å². The van der Waals surface area contributed by atoms with Gasteiger partial charge in [0.25, 0.3) is 0 Å². The van der Waals surface area contributed by atoms with Gasteiger partial charge in [0.1, 0.15) is 0 Å². The molecule has 2 atom stereocenters. The van der Waals surface area contributed by atoms with Crippen molar-refractivity contribution in [2.24, 2.45) is 17.3 Å². The standard InChI is InChI=1S/C24H41N3O3/c1-24(2,3)21(23(28)29)19(15-9-12-17-10-5-4-6-11-17)22-26-20(27-30-22)16-25-18-13-7-8-14-18/h17-19,21,25H,4-16H2,1-3H3,(H,28,29)/t19-,21?/m1/s1. The first-order valence-corrected chi connectivity index (χ1v) is 12.1. The number of carboxylic acids is 1. The lowest BCUT2D eigenvalue weighted by atomic mass is 9.71. The van der Waals surface area contributed by atoms with Crippen LogP contribution < -0.4 is 5.32 Å². The summed E-state index contributed by atoms with van der Waals surface area (Å²) in [5.41, 5.74) is -0.377. The number of aliphatic carboxylic acids is 1. The van der Waals surface area contributed by atoms with E-state index in [1.807, 2.05) is 20.8 Å². The Morgan fingerprint density at radius 1 is 1.13 bits per heavy atom. The zero-order valence-electron chi connectivity index (χ0n) is 19.2. The lowest BCUT2D eigenvalue weighted by Gasteiger charge is -2.32. The van der Waals surface area contributed by atoms with E-state index >= 15 is 0 Å². The summed E-state index contributed by atoms with van der Waals surface area (Å²) in [6, 6.07) is 0.541. The Bertz CT molecular complexity index is 655. The van der Waals surface area contributed by atoms with E-state index in [0.29, 0.717) is 24.3 Å². The van der Waals surface area contributed by atoms with Gasteiger partial charge in [0.05, 0.1) is 18.4 Å². The Morgan fingerprint density at radius 3 is 2.43 bits per heavy atom. The molecule has 1 heterocycles. The summed E-state index contributed by atoms with van der Waals surface area (Å²) in [6.45, 7) is 6.59. The van der Waals surface area contributed by atoms with Crippen molar-refractivity contribution in [3.8, 4) is 0 Å². The Morgan fingerprint density at radius 2 is 1.80 bits per heavy atom. The third-order valence-corrected chi connectivity index (χ3v) is 7.16. The van der Waals surface area contributed by atoms with E-state index in [4.69, 9.17) is 4.52 Å². The van der Waals surface area contributed by atoms with Crippen LogP contribution in [0, 0.1) is 17.3 Å². The number of carbonyl (C=O) groups is 1. The number of hydrogen-bond acceptors (Lipinski definition) is 5. The molecule has 1 aromatic heterocycles. The van der Waals surface area contributed by atoms with E-state index < -0.39 is 11.9 Å². The van der Waals surface area contributed by atoms with Crippen LogP contribution in [0.4, 0.5) is 0 Å². The molecule has 170 valence electrons. The fraction of sp³-hybridized carbons (Fsp3) is 0.875. The first-order valence-electron chi connectivity index (χ1n) is 12.1. The summed E-state index contributed by atoms with van der Waals surface area (Å²) in [5, 5.41) is 17.7. The highest BCUT2D eigenvalue weighted by atomic mass is 16.5. The van der Waals surface area contributed by atoms with Crippen LogP contribution >= 0.6 is 0 Å². The van der Waals surface area contributed by atoms with Crippen molar-refractivity contribution in [3.05, 3.63) is 11.7 Å². The first-order chi connectivity index (χ1) is 14.3. The highest BCUT2D eigenvalue weighted by molar-refractivity contribution is 5.72. The van der Waals surface area contributed by atoms with E-state index in [9.17, 15) is 9.90 Å². The molecule has 2 aliphatic carbocycles. The van der Waals surface area contributed by atoms with Crippen LogP contribution in [0.25, 0.3) is 0 Å². The molecule has 2 aliphatic rings. The van der Waals surface area contributed by atoms with Crippen molar-refractivity contribution >= 4 is 5.97 Å². The van der Waals surface area contributed by atoms with Gasteiger partial charge in [-0.1, -0.05) is 83.7 Å². The Hall–Kier alpha value is -1.43. The maximum Gasteiger partial charge on any atom is 0.307 e. The van der Waals surface area contributed by atoms with Gasteiger partial charge in [-0.25, -0.2) is 0 Å². The third-order valence-electron chi connectivity index (χ3n) is 7.16. The number of carboxylic acid groups (broad SMARTS) is 1. The zero-order chi connectivity index (χ0) is 21.6. The third kappa shape index (κ3) is 6.53. The van der Waals surface area contributed by atoms with Crippen molar-refractivity contribution < 1.29 is 14.4 Å². The lowest BCUT2D eigenvalue weighted by molar-refractivity contribution is -0.147. The SMILES string of the molecule is CC(C)(C)C(C(=O)O)[C@@H](CCCC1CCCCC1)c1nc(CNC2CCCC2)no1. The predicted octanol–water partition coefficient (Wildman–Crippen LogP) is 5.68. The van der Waals surface area contributed by atoms with Crippen molar-refractivity contribution in [1.82, 2.24) is 15.5 Å². The number of nitrogens with one attached hydrogen (secondary N) is 1. The van der Waals surface area contributed by atoms with Crippen LogP contribution in [-0.4, -0.2) is 27.3 Å². The molecule has 3 rings (SSSR count). The molecule has 0 saturated heterocycles. The van der Waals surface area contributed by atoms with Crippen LogP contribution in [-0.2, 0) is 11.3 Å². The molecule has 1 unspecified atom stereocenters. The Labute approximate surface area is 181 Å². The quantitative estimate of drug-likeness (QED) is 0.507. The van der Waals surface area contributed by atoms with Gasteiger partial charge in [0.2, 0.25) is 5.89 Å². The second-order valence-electron chi connectivity index (χ2n) is 10.6. The molecular formula is C24H41N3O3. The Kier molecular flexibility index (Phi) is 8.32. The minimum atomic E-state index is -0.769. The monoisotopic (exact) mass is 419 g/mol. The summed E-state index contributed by atoms with van der Waals surface area (Å²) < 4.78 is 5.65. The molecule has 0 bridgehead atoms. The van der Waals surface area contributed by atoms with Gasteiger partial charge in [-0.05, 0) is 30.6 Å². The van der Waals surface area contributed by atoms with Crippen molar-refractivity contribution in [3.63, 3.8) is 0 Å². The number of aromatic nitrogens is 2. The number of rotatable bonds is 10. The number of nitrogens with zero attached hydrogens (tertiary/aromatic N) is 2. The highest BCUT2D eigenvalue weighted by Gasteiger charge is 2.41. The zero-order valence-corrected chi connectivity index (χ0v) is 19.2. The molecule has 2 saturated carbocycles. The maximum atomic E-state index is 12.2. The van der Waals surface area contributed by atoms with Crippen molar-refractivity contribution in [2.75, 3.05) is 0 Å². The molecule has 0 aliphatic heterocycles. The minimum absolute atomic E-state index is 0.237. The average molecular weight is 420 g/mol. The fourth-order valence-corrected chi connectivity index (χ4v) is 5.54. The highest BCUT2D eigenvalue weighted by Crippen LogP contribution is 2.41. The normalized spacial score (nSPS) is 21.0. The maximum absolute atomic E-state index is 12.2. The summed E-state index contributed by atoms with van der Waals surface area (Å²) in [5.74, 6) is 0.398. The molecule has 30 heavy (non-hydrogen) atoms. The van der Waals surface area contributed by atoms with E-state index in [0.717, 1.165) is 18.8 Å². The second-order valence-corrected chi connectivity index (χ2v) is 10.6.